The quantitative estimate of drug-likeness (QED) is 0.696. The predicted octanol–water partition coefficient (Wildman–Crippen LogP) is 4.10. The molecule has 2 amide bonds. The number of benzene rings is 2. The van der Waals surface area contributed by atoms with Crippen molar-refractivity contribution in [1.82, 2.24) is 10.2 Å². The molecule has 1 N–H and O–H groups in total. The van der Waals surface area contributed by atoms with Gasteiger partial charge in [-0.05, 0) is 41.8 Å². The minimum Gasteiger partial charge on any atom is -0.497 e. The first-order chi connectivity index (χ1) is 13.4. The third-order valence-electron chi connectivity index (χ3n) is 4.48. The van der Waals surface area contributed by atoms with Crippen LogP contribution in [0.4, 0.5) is 0 Å². The van der Waals surface area contributed by atoms with E-state index in [0.29, 0.717) is 16.5 Å². The first-order valence-electron chi connectivity index (χ1n) is 8.97. The number of nitrogens with zero attached hydrogens (tertiary/aromatic N) is 1. The van der Waals surface area contributed by atoms with Gasteiger partial charge in [-0.2, -0.15) is 0 Å². The lowest BCUT2D eigenvalue weighted by Gasteiger charge is -2.30. The Balaban J connectivity index is 2.28. The average Bonchev–Trinajstić information content (AvgIpc) is 2.70. The second-order valence-corrected chi connectivity index (χ2v) is 7.15. The normalized spacial score (nSPS) is 11.6. The van der Waals surface area contributed by atoms with Crippen LogP contribution in [0.15, 0.2) is 42.5 Å². The van der Waals surface area contributed by atoms with Crippen LogP contribution in [0.25, 0.3) is 0 Å². The molecule has 0 fully saturated rings. The topological polar surface area (TPSA) is 58.6 Å². The molecule has 2 aromatic carbocycles. The van der Waals surface area contributed by atoms with Crippen molar-refractivity contribution in [2.24, 2.45) is 0 Å². The van der Waals surface area contributed by atoms with E-state index in [2.05, 4.69) is 5.32 Å². The first-order valence-corrected chi connectivity index (χ1v) is 9.73. The van der Waals surface area contributed by atoms with Crippen LogP contribution in [0.5, 0.6) is 5.75 Å². The third-order valence-corrected chi connectivity index (χ3v) is 5.22. The molecule has 7 heteroatoms. The third kappa shape index (κ3) is 5.63. The monoisotopic (exact) mass is 422 g/mol. The molecule has 150 valence electrons. The average molecular weight is 423 g/mol. The Bertz CT molecular complexity index is 825. The lowest BCUT2D eigenvalue weighted by molar-refractivity contribution is -0.140. The van der Waals surface area contributed by atoms with Crippen LogP contribution < -0.4 is 10.1 Å². The van der Waals surface area contributed by atoms with Gasteiger partial charge in [0.2, 0.25) is 11.8 Å². The number of carbonyl (C=O) groups is 2. The van der Waals surface area contributed by atoms with Gasteiger partial charge in [-0.1, -0.05) is 48.3 Å². The van der Waals surface area contributed by atoms with Crippen LogP contribution in [0, 0.1) is 0 Å². The van der Waals surface area contributed by atoms with Crippen LogP contribution in [0.3, 0.4) is 0 Å². The first kappa shape index (κ1) is 22.1. The summed E-state index contributed by atoms with van der Waals surface area (Å²) in [5, 5.41) is 3.50. The summed E-state index contributed by atoms with van der Waals surface area (Å²) in [4.78, 5) is 27.1. The highest BCUT2D eigenvalue weighted by atomic mass is 35.5. The highest BCUT2D eigenvalue weighted by molar-refractivity contribution is 6.42. The van der Waals surface area contributed by atoms with Gasteiger partial charge in [0.05, 0.1) is 23.6 Å². The second-order valence-electron chi connectivity index (χ2n) is 6.33. The summed E-state index contributed by atoms with van der Waals surface area (Å²) < 4.78 is 5.15. The zero-order chi connectivity index (χ0) is 20.7. The van der Waals surface area contributed by atoms with Crippen LogP contribution in [-0.2, 0) is 22.6 Å². The van der Waals surface area contributed by atoms with Crippen molar-refractivity contribution in [2.75, 3.05) is 14.2 Å². The summed E-state index contributed by atoms with van der Waals surface area (Å²) in [6.45, 7) is 2.14. The smallest absolute Gasteiger partial charge is 0.242 e. The van der Waals surface area contributed by atoms with E-state index < -0.39 is 6.04 Å². The lowest BCUT2D eigenvalue weighted by Crippen LogP contribution is -2.48. The van der Waals surface area contributed by atoms with Gasteiger partial charge < -0.3 is 15.0 Å². The Morgan fingerprint density at radius 2 is 1.71 bits per heavy atom. The Morgan fingerprint density at radius 1 is 1.07 bits per heavy atom. The maximum atomic E-state index is 13.1. The molecular weight excluding hydrogens is 399 g/mol. The molecule has 1 atom stereocenters. The minimum atomic E-state index is -0.579. The van der Waals surface area contributed by atoms with Crippen LogP contribution in [-0.4, -0.2) is 36.9 Å². The standard InChI is InChI=1S/C21H24Cl2N2O3/c1-4-19(21(27)24-2)25(13-15-7-10-17(22)18(23)11-15)20(26)12-14-5-8-16(28-3)9-6-14/h5-11,19H,4,12-13H2,1-3H3,(H,24,27). The van der Waals surface area contributed by atoms with Crippen molar-refractivity contribution in [2.45, 2.75) is 32.4 Å². The number of ether oxygens (including phenoxy) is 1. The maximum Gasteiger partial charge on any atom is 0.242 e. The Labute approximate surface area is 175 Å². The zero-order valence-corrected chi connectivity index (χ0v) is 17.7. The van der Waals surface area contributed by atoms with Crippen molar-refractivity contribution < 1.29 is 14.3 Å². The van der Waals surface area contributed by atoms with Crippen LogP contribution in [0.1, 0.15) is 24.5 Å². The summed E-state index contributed by atoms with van der Waals surface area (Å²) in [7, 11) is 3.16. The molecular formula is C21H24Cl2N2O3. The summed E-state index contributed by atoms with van der Waals surface area (Å²) in [5.41, 5.74) is 1.65. The molecule has 0 radical (unpaired) electrons. The molecule has 0 heterocycles. The zero-order valence-electron chi connectivity index (χ0n) is 16.2. The fourth-order valence-corrected chi connectivity index (χ4v) is 3.26. The van der Waals surface area contributed by atoms with E-state index >= 15 is 0 Å². The lowest BCUT2D eigenvalue weighted by atomic mass is 10.1. The number of carbonyl (C=O) groups excluding carboxylic acids is 2. The van der Waals surface area contributed by atoms with Crippen LogP contribution in [0.2, 0.25) is 10.0 Å². The minimum absolute atomic E-state index is 0.147. The molecule has 0 aliphatic rings. The second kappa shape index (κ2) is 10.3. The number of rotatable bonds is 8. The predicted molar refractivity (Wildman–Crippen MR) is 112 cm³/mol. The van der Waals surface area contributed by atoms with Gasteiger partial charge in [-0.15, -0.1) is 0 Å². The Morgan fingerprint density at radius 3 is 2.25 bits per heavy atom. The molecule has 0 aliphatic heterocycles. The molecule has 28 heavy (non-hydrogen) atoms. The summed E-state index contributed by atoms with van der Waals surface area (Å²) in [5.74, 6) is 0.373. The Hall–Kier alpha value is -2.24. The molecule has 2 aromatic rings. The van der Waals surface area contributed by atoms with Gasteiger partial charge in [0, 0.05) is 13.6 Å². The highest BCUT2D eigenvalue weighted by Gasteiger charge is 2.28. The molecule has 0 aromatic heterocycles. The molecule has 0 saturated heterocycles. The highest BCUT2D eigenvalue weighted by Crippen LogP contribution is 2.24. The number of halogens is 2. The number of amides is 2. The summed E-state index contributed by atoms with van der Waals surface area (Å²) >= 11 is 12.1. The van der Waals surface area contributed by atoms with Crippen LogP contribution >= 0.6 is 23.2 Å². The number of methoxy groups -OCH3 is 1. The molecule has 0 saturated carbocycles. The molecule has 1 unspecified atom stereocenters. The van der Waals surface area contributed by atoms with Gasteiger partial charge in [-0.25, -0.2) is 0 Å². The number of nitrogens with one attached hydrogen (secondary N) is 1. The van der Waals surface area contributed by atoms with Crippen molar-refractivity contribution in [3.8, 4) is 5.75 Å². The van der Waals surface area contributed by atoms with Gasteiger partial charge in [0.15, 0.2) is 0 Å². The van der Waals surface area contributed by atoms with E-state index in [9.17, 15) is 9.59 Å². The van der Waals surface area contributed by atoms with Gasteiger partial charge >= 0.3 is 0 Å². The van der Waals surface area contributed by atoms with Gasteiger partial charge in [-0.3, -0.25) is 9.59 Å². The molecule has 2 rings (SSSR count). The van der Waals surface area contributed by atoms with E-state index in [0.717, 1.165) is 16.9 Å². The van der Waals surface area contributed by atoms with E-state index in [4.69, 9.17) is 27.9 Å². The largest absolute Gasteiger partial charge is 0.497 e. The SMILES string of the molecule is CCC(C(=O)NC)N(Cc1ccc(Cl)c(Cl)c1)C(=O)Cc1ccc(OC)cc1. The molecule has 0 bridgehead atoms. The van der Waals surface area contributed by atoms with E-state index in [1.807, 2.05) is 31.2 Å². The number of hydrogen-bond acceptors (Lipinski definition) is 3. The van der Waals surface area contributed by atoms with Crippen molar-refractivity contribution in [3.05, 3.63) is 63.6 Å². The summed E-state index contributed by atoms with van der Waals surface area (Å²) in [6.07, 6.45) is 0.675. The molecule has 0 spiro atoms. The maximum absolute atomic E-state index is 13.1. The van der Waals surface area contributed by atoms with E-state index in [1.165, 1.54) is 0 Å². The molecule has 0 aliphatic carbocycles. The number of hydrogen-bond donors (Lipinski definition) is 1. The molecule has 5 nitrogen and oxygen atoms in total. The fraction of sp³-hybridized carbons (Fsp3) is 0.333. The van der Waals surface area contributed by atoms with Crippen molar-refractivity contribution >= 4 is 35.0 Å². The van der Waals surface area contributed by atoms with E-state index in [-0.39, 0.29) is 24.8 Å². The van der Waals surface area contributed by atoms with Gasteiger partial charge in [0.1, 0.15) is 11.8 Å². The van der Waals surface area contributed by atoms with Crippen molar-refractivity contribution in [3.63, 3.8) is 0 Å². The number of likely N-dealkylation sites (N-methyl/N-ethyl adjacent to an activating group) is 1. The Kier molecular flexibility index (Phi) is 8.15. The van der Waals surface area contributed by atoms with Gasteiger partial charge in [0.25, 0.3) is 0 Å². The summed E-state index contributed by atoms with van der Waals surface area (Å²) in [6, 6.07) is 11.9. The fourth-order valence-electron chi connectivity index (χ4n) is 2.94. The van der Waals surface area contributed by atoms with E-state index in [1.54, 1.807) is 37.3 Å². The van der Waals surface area contributed by atoms with Crippen molar-refractivity contribution in [1.29, 1.82) is 0 Å².